The van der Waals surface area contributed by atoms with Gasteiger partial charge in [-0.15, -0.1) is 0 Å². The summed E-state index contributed by atoms with van der Waals surface area (Å²) in [6, 6.07) is 2.39. The van der Waals surface area contributed by atoms with Crippen molar-refractivity contribution >= 4 is 12.0 Å². The lowest BCUT2D eigenvalue weighted by Gasteiger charge is -2.37. The topological polar surface area (TPSA) is 20.3 Å². The minimum atomic E-state index is -0.641. The van der Waals surface area contributed by atoms with E-state index in [0.717, 1.165) is 37.8 Å². The zero-order valence-electron chi connectivity index (χ0n) is 10.5. The van der Waals surface area contributed by atoms with Crippen LogP contribution in [0.5, 0.6) is 0 Å². The van der Waals surface area contributed by atoms with Crippen LogP contribution in [0.1, 0.15) is 43.0 Å². The number of hydrogen-bond donors (Lipinski definition) is 0. The summed E-state index contributed by atoms with van der Waals surface area (Å²) in [6.45, 7) is 2.70. The fraction of sp³-hybridized carbons (Fsp3) is 0.500. The van der Waals surface area contributed by atoms with Gasteiger partial charge in [-0.25, -0.2) is 8.78 Å². The van der Waals surface area contributed by atoms with Crippen LogP contribution in [0.4, 0.5) is 14.5 Å². The second-order valence-corrected chi connectivity index (χ2v) is 4.70. The molecule has 98 valence electrons. The molecule has 1 saturated heterocycles. The molecule has 0 saturated carbocycles. The highest BCUT2D eigenvalue weighted by Gasteiger charge is 2.26. The first-order valence-corrected chi connectivity index (χ1v) is 6.38. The fourth-order valence-corrected chi connectivity index (χ4v) is 2.65. The Balaban J connectivity index is 2.39. The van der Waals surface area contributed by atoms with E-state index < -0.39 is 11.6 Å². The number of hydrogen-bond acceptors (Lipinski definition) is 2. The predicted molar refractivity (Wildman–Crippen MR) is 67.0 cm³/mol. The SMILES string of the molecule is CCC1CCCCN1c1c(F)cc(C=O)cc1F. The lowest BCUT2D eigenvalue weighted by molar-refractivity contribution is 0.112. The first-order chi connectivity index (χ1) is 8.67. The van der Waals surface area contributed by atoms with Crippen molar-refractivity contribution in [3.8, 4) is 0 Å². The van der Waals surface area contributed by atoms with E-state index in [1.807, 2.05) is 11.8 Å². The average molecular weight is 253 g/mol. The molecule has 1 aromatic carbocycles. The van der Waals surface area contributed by atoms with Crippen molar-refractivity contribution in [2.45, 2.75) is 38.6 Å². The van der Waals surface area contributed by atoms with Crippen LogP contribution in [0.25, 0.3) is 0 Å². The molecule has 18 heavy (non-hydrogen) atoms. The van der Waals surface area contributed by atoms with Crippen molar-refractivity contribution in [1.82, 2.24) is 0 Å². The summed E-state index contributed by atoms with van der Waals surface area (Å²) in [7, 11) is 0. The van der Waals surface area contributed by atoms with E-state index in [1.54, 1.807) is 0 Å². The van der Waals surface area contributed by atoms with Gasteiger partial charge in [-0.3, -0.25) is 4.79 Å². The number of carbonyl (C=O) groups is 1. The monoisotopic (exact) mass is 253 g/mol. The minimum absolute atomic E-state index is 0.0205. The molecule has 1 atom stereocenters. The molecule has 1 fully saturated rings. The number of carbonyl (C=O) groups excluding carboxylic acids is 1. The lowest BCUT2D eigenvalue weighted by Crippen LogP contribution is -2.40. The molecule has 0 radical (unpaired) electrons. The molecule has 0 amide bonds. The maximum Gasteiger partial charge on any atom is 0.150 e. The Kier molecular flexibility index (Phi) is 3.94. The lowest BCUT2D eigenvalue weighted by atomic mass is 9.98. The highest BCUT2D eigenvalue weighted by molar-refractivity contribution is 5.76. The molecule has 1 unspecified atom stereocenters. The average Bonchev–Trinajstić information content (AvgIpc) is 2.38. The van der Waals surface area contributed by atoms with Gasteiger partial charge in [0.2, 0.25) is 0 Å². The van der Waals surface area contributed by atoms with Crippen LogP contribution in [0.2, 0.25) is 0 Å². The molecule has 1 aromatic rings. The molecule has 0 N–H and O–H groups in total. The van der Waals surface area contributed by atoms with E-state index in [1.165, 1.54) is 0 Å². The zero-order valence-corrected chi connectivity index (χ0v) is 10.5. The van der Waals surface area contributed by atoms with Crippen molar-refractivity contribution in [1.29, 1.82) is 0 Å². The van der Waals surface area contributed by atoms with Crippen molar-refractivity contribution in [3.05, 3.63) is 29.3 Å². The summed E-state index contributed by atoms with van der Waals surface area (Å²) >= 11 is 0. The molecule has 0 aromatic heterocycles. The van der Waals surface area contributed by atoms with Gasteiger partial charge in [-0.05, 0) is 37.8 Å². The summed E-state index contributed by atoms with van der Waals surface area (Å²) in [5.41, 5.74) is 0.0611. The molecular weight excluding hydrogens is 236 g/mol. The number of aldehydes is 1. The molecular formula is C14H17F2NO. The second-order valence-electron chi connectivity index (χ2n) is 4.70. The first-order valence-electron chi connectivity index (χ1n) is 6.38. The van der Waals surface area contributed by atoms with Gasteiger partial charge in [0, 0.05) is 18.2 Å². The van der Waals surface area contributed by atoms with Crippen LogP contribution >= 0.6 is 0 Å². The molecule has 1 aliphatic heterocycles. The van der Waals surface area contributed by atoms with E-state index in [-0.39, 0.29) is 17.3 Å². The highest BCUT2D eigenvalue weighted by atomic mass is 19.1. The Hall–Kier alpha value is -1.45. The largest absolute Gasteiger partial charge is 0.364 e. The molecule has 0 aliphatic carbocycles. The van der Waals surface area contributed by atoms with Crippen LogP contribution in [0.15, 0.2) is 12.1 Å². The first kappa shape index (κ1) is 13.0. The van der Waals surface area contributed by atoms with Crippen molar-refractivity contribution in [3.63, 3.8) is 0 Å². The van der Waals surface area contributed by atoms with E-state index in [2.05, 4.69) is 0 Å². The Morgan fingerprint density at radius 3 is 2.56 bits per heavy atom. The van der Waals surface area contributed by atoms with Crippen molar-refractivity contribution in [2.24, 2.45) is 0 Å². The number of anilines is 1. The summed E-state index contributed by atoms with van der Waals surface area (Å²) in [6.07, 6.45) is 4.35. The van der Waals surface area contributed by atoms with Gasteiger partial charge in [-0.1, -0.05) is 6.92 Å². The molecule has 2 rings (SSSR count). The van der Waals surface area contributed by atoms with Crippen LogP contribution in [-0.2, 0) is 0 Å². The molecule has 0 spiro atoms. The third-order valence-corrected chi connectivity index (χ3v) is 3.56. The molecule has 4 heteroatoms. The Bertz CT molecular complexity index is 424. The van der Waals surface area contributed by atoms with Gasteiger partial charge in [0.05, 0.1) is 0 Å². The van der Waals surface area contributed by atoms with Gasteiger partial charge in [-0.2, -0.15) is 0 Å². The summed E-state index contributed by atoms with van der Waals surface area (Å²) in [5.74, 6) is -1.28. The molecule has 1 aliphatic rings. The van der Waals surface area contributed by atoms with E-state index in [0.29, 0.717) is 12.8 Å². The number of rotatable bonds is 3. The minimum Gasteiger partial charge on any atom is -0.364 e. The van der Waals surface area contributed by atoms with Gasteiger partial charge >= 0.3 is 0 Å². The Morgan fingerprint density at radius 1 is 1.33 bits per heavy atom. The number of halogens is 2. The maximum absolute atomic E-state index is 14.0. The van der Waals surface area contributed by atoms with E-state index in [9.17, 15) is 13.6 Å². The normalized spacial score (nSPS) is 19.9. The molecule has 0 bridgehead atoms. The third kappa shape index (κ3) is 2.37. The Labute approximate surface area is 106 Å². The smallest absolute Gasteiger partial charge is 0.150 e. The number of nitrogens with zero attached hydrogens (tertiary/aromatic N) is 1. The number of piperidine rings is 1. The van der Waals surface area contributed by atoms with E-state index in [4.69, 9.17) is 0 Å². The van der Waals surface area contributed by atoms with Gasteiger partial charge in [0.25, 0.3) is 0 Å². The summed E-state index contributed by atoms with van der Waals surface area (Å²) in [4.78, 5) is 12.4. The van der Waals surface area contributed by atoms with Gasteiger partial charge in [0.1, 0.15) is 23.6 Å². The van der Waals surface area contributed by atoms with Crippen LogP contribution in [0.3, 0.4) is 0 Å². The summed E-state index contributed by atoms with van der Waals surface area (Å²) < 4.78 is 27.9. The number of benzene rings is 1. The quantitative estimate of drug-likeness (QED) is 0.768. The Morgan fingerprint density at radius 2 is 2.00 bits per heavy atom. The van der Waals surface area contributed by atoms with E-state index >= 15 is 0 Å². The highest BCUT2D eigenvalue weighted by Crippen LogP contribution is 2.31. The zero-order chi connectivity index (χ0) is 13.1. The van der Waals surface area contributed by atoms with Crippen molar-refractivity contribution in [2.75, 3.05) is 11.4 Å². The standard InChI is InChI=1S/C14H17F2NO/c1-2-11-5-3-4-6-17(11)14-12(15)7-10(9-18)8-13(14)16/h7-9,11H,2-6H2,1H3. The van der Waals surface area contributed by atoms with Crippen molar-refractivity contribution < 1.29 is 13.6 Å². The van der Waals surface area contributed by atoms with Crippen LogP contribution in [-0.4, -0.2) is 18.9 Å². The summed E-state index contributed by atoms with van der Waals surface area (Å²) in [5, 5.41) is 0. The predicted octanol–water partition coefficient (Wildman–Crippen LogP) is 3.55. The second kappa shape index (κ2) is 5.46. The van der Waals surface area contributed by atoms with Gasteiger partial charge in [0.15, 0.2) is 0 Å². The molecule has 2 nitrogen and oxygen atoms in total. The van der Waals surface area contributed by atoms with Gasteiger partial charge < -0.3 is 4.90 Å². The maximum atomic E-state index is 14.0. The third-order valence-electron chi connectivity index (χ3n) is 3.56. The van der Waals surface area contributed by atoms with Crippen LogP contribution in [0, 0.1) is 11.6 Å². The van der Waals surface area contributed by atoms with Crippen LogP contribution < -0.4 is 4.90 Å². The fourth-order valence-electron chi connectivity index (χ4n) is 2.65. The molecule has 1 heterocycles.